The van der Waals surface area contributed by atoms with Crippen LogP contribution in [-0.4, -0.2) is 56.9 Å². The van der Waals surface area contributed by atoms with Crippen molar-refractivity contribution >= 4 is 5.97 Å². The first-order chi connectivity index (χ1) is 17.1. The summed E-state index contributed by atoms with van der Waals surface area (Å²) < 4.78 is 11.8. The number of hydrogen-bond acceptors (Lipinski definition) is 6. The first-order valence-electron chi connectivity index (χ1n) is 14.0. The fourth-order valence-electron chi connectivity index (χ4n) is 4.84. The van der Waals surface area contributed by atoms with E-state index in [1.165, 1.54) is 23.6 Å². The summed E-state index contributed by atoms with van der Waals surface area (Å²) in [4.78, 5) is 11.8. The summed E-state index contributed by atoms with van der Waals surface area (Å²) in [6, 6.07) is 0. The van der Waals surface area contributed by atoms with E-state index in [-0.39, 0.29) is 18.6 Å². The summed E-state index contributed by atoms with van der Waals surface area (Å²) in [6.45, 7) is 15.2. The number of rotatable bonds is 16. The number of ether oxygens (including phenoxy) is 2. The molecule has 0 saturated carbocycles. The zero-order chi connectivity index (χ0) is 28.2. The zero-order valence-corrected chi connectivity index (χ0v) is 24.7. The van der Waals surface area contributed by atoms with Gasteiger partial charge in [-0.1, -0.05) is 34.9 Å². The van der Waals surface area contributed by atoms with Crippen molar-refractivity contribution in [3.8, 4) is 0 Å². The van der Waals surface area contributed by atoms with Crippen molar-refractivity contribution in [2.45, 2.75) is 155 Å². The SMILES string of the molecule is CC(=O)O[C@@H](CC[C@@H](O)[C@@](C)(O)CC/C=C(/C)CCC=C(C)C)[C@H]1CC[C@H]([C@@](C)(O)CCC=C(C)C)O1. The molecular weight excluding hydrogens is 468 g/mol. The van der Waals surface area contributed by atoms with Gasteiger partial charge in [0, 0.05) is 6.92 Å². The summed E-state index contributed by atoms with van der Waals surface area (Å²) in [5, 5.41) is 32.7. The molecule has 1 saturated heterocycles. The van der Waals surface area contributed by atoms with Gasteiger partial charge in [-0.15, -0.1) is 0 Å². The molecule has 0 amide bonds. The largest absolute Gasteiger partial charge is 0.460 e. The minimum absolute atomic E-state index is 0.287. The molecule has 0 aromatic rings. The van der Waals surface area contributed by atoms with Crippen LogP contribution in [0.15, 0.2) is 34.9 Å². The fourth-order valence-corrected chi connectivity index (χ4v) is 4.84. The van der Waals surface area contributed by atoms with Crippen molar-refractivity contribution in [2.24, 2.45) is 0 Å². The van der Waals surface area contributed by atoms with Crippen LogP contribution in [0.2, 0.25) is 0 Å². The van der Waals surface area contributed by atoms with Crippen molar-refractivity contribution in [3.05, 3.63) is 34.9 Å². The van der Waals surface area contributed by atoms with Gasteiger partial charge in [-0.25, -0.2) is 0 Å². The molecule has 0 unspecified atom stereocenters. The van der Waals surface area contributed by atoms with E-state index in [0.29, 0.717) is 38.5 Å². The summed E-state index contributed by atoms with van der Waals surface area (Å²) in [7, 11) is 0. The third-order valence-corrected chi connectivity index (χ3v) is 7.36. The lowest BCUT2D eigenvalue weighted by Gasteiger charge is -2.32. The van der Waals surface area contributed by atoms with E-state index >= 15 is 0 Å². The van der Waals surface area contributed by atoms with Crippen LogP contribution in [0.25, 0.3) is 0 Å². The molecule has 0 aliphatic carbocycles. The molecule has 0 aromatic heterocycles. The Morgan fingerprint density at radius 3 is 2.11 bits per heavy atom. The number of carbonyl (C=O) groups excluding carboxylic acids is 1. The van der Waals surface area contributed by atoms with Crippen molar-refractivity contribution in [1.82, 2.24) is 0 Å². The summed E-state index contributed by atoms with van der Waals surface area (Å²) in [5.74, 6) is -0.401. The molecule has 6 nitrogen and oxygen atoms in total. The van der Waals surface area contributed by atoms with Gasteiger partial charge < -0.3 is 24.8 Å². The molecular formula is C31H54O6. The molecule has 3 N–H and O–H groups in total. The minimum Gasteiger partial charge on any atom is -0.460 e. The molecule has 0 spiro atoms. The zero-order valence-electron chi connectivity index (χ0n) is 24.7. The number of hydrogen-bond donors (Lipinski definition) is 3. The van der Waals surface area contributed by atoms with Crippen LogP contribution in [0.1, 0.15) is 120 Å². The van der Waals surface area contributed by atoms with Gasteiger partial charge in [-0.2, -0.15) is 0 Å². The van der Waals surface area contributed by atoms with Crippen molar-refractivity contribution in [2.75, 3.05) is 0 Å². The molecule has 0 aromatic carbocycles. The molecule has 1 rings (SSSR count). The highest BCUT2D eigenvalue weighted by molar-refractivity contribution is 5.66. The van der Waals surface area contributed by atoms with E-state index in [2.05, 4.69) is 39.0 Å². The second-order valence-corrected chi connectivity index (χ2v) is 11.9. The molecule has 6 atom stereocenters. The number of aliphatic hydroxyl groups is 3. The van der Waals surface area contributed by atoms with Gasteiger partial charge in [0.25, 0.3) is 0 Å². The Morgan fingerprint density at radius 1 is 0.919 bits per heavy atom. The lowest BCUT2D eigenvalue weighted by Crippen LogP contribution is -2.42. The number of carbonyl (C=O) groups is 1. The Hall–Kier alpha value is -1.47. The van der Waals surface area contributed by atoms with E-state index in [1.54, 1.807) is 13.8 Å². The number of allylic oxidation sites excluding steroid dienone is 6. The van der Waals surface area contributed by atoms with E-state index in [9.17, 15) is 20.1 Å². The molecule has 1 heterocycles. The second-order valence-electron chi connectivity index (χ2n) is 11.9. The highest BCUT2D eigenvalue weighted by Gasteiger charge is 2.42. The maximum Gasteiger partial charge on any atom is 0.302 e. The molecule has 6 heteroatoms. The topological polar surface area (TPSA) is 96.2 Å². The molecule has 1 aliphatic heterocycles. The smallest absolute Gasteiger partial charge is 0.302 e. The van der Waals surface area contributed by atoms with Crippen LogP contribution in [0.4, 0.5) is 0 Å². The first-order valence-corrected chi connectivity index (χ1v) is 14.0. The van der Waals surface area contributed by atoms with Gasteiger partial charge in [-0.05, 0) is 113 Å². The van der Waals surface area contributed by atoms with Crippen LogP contribution in [0.5, 0.6) is 0 Å². The third-order valence-electron chi connectivity index (χ3n) is 7.36. The predicted octanol–water partition coefficient (Wildman–Crippen LogP) is 6.33. The Labute approximate surface area is 225 Å². The first kappa shape index (κ1) is 33.6. The van der Waals surface area contributed by atoms with Crippen LogP contribution in [-0.2, 0) is 14.3 Å². The normalized spacial score (nSPS) is 22.9. The summed E-state index contributed by atoms with van der Waals surface area (Å²) in [5.41, 5.74) is 1.60. The third kappa shape index (κ3) is 13.2. The number of esters is 1. The number of aliphatic hydroxyl groups excluding tert-OH is 1. The monoisotopic (exact) mass is 522 g/mol. The van der Waals surface area contributed by atoms with E-state index < -0.39 is 29.4 Å². The van der Waals surface area contributed by atoms with Gasteiger partial charge in [0.1, 0.15) is 6.10 Å². The molecule has 1 fully saturated rings. The van der Waals surface area contributed by atoms with Crippen LogP contribution < -0.4 is 0 Å². The predicted molar refractivity (Wildman–Crippen MR) is 150 cm³/mol. The average Bonchev–Trinajstić information content (AvgIpc) is 3.26. The highest BCUT2D eigenvalue weighted by atomic mass is 16.6. The van der Waals surface area contributed by atoms with E-state index in [4.69, 9.17) is 9.47 Å². The second kappa shape index (κ2) is 15.8. The average molecular weight is 523 g/mol. The summed E-state index contributed by atoms with van der Waals surface area (Å²) in [6.07, 6.45) is 10.8. The maximum atomic E-state index is 11.8. The molecule has 37 heavy (non-hydrogen) atoms. The molecule has 1 aliphatic rings. The van der Waals surface area contributed by atoms with Gasteiger partial charge in [0.15, 0.2) is 0 Å². The molecule has 0 bridgehead atoms. The molecule has 0 radical (unpaired) electrons. The Morgan fingerprint density at radius 2 is 1.51 bits per heavy atom. The maximum absolute atomic E-state index is 11.8. The van der Waals surface area contributed by atoms with E-state index in [1.807, 2.05) is 13.8 Å². The highest BCUT2D eigenvalue weighted by Crippen LogP contribution is 2.35. The quantitative estimate of drug-likeness (QED) is 0.162. The van der Waals surface area contributed by atoms with Gasteiger partial charge in [0.05, 0.1) is 29.5 Å². The minimum atomic E-state index is -1.24. The Kier molecular flexibility index (Phi) is 14.4. The van der Waals surface area contributed by atoms with Gasteiger partial charge in [0.2, 0.25) is 0 Å². The van der Waals surface area contributed by atoms with Crippen molar-refractivity contribution in [3.63, 3.8) is 0 Å². The van der Waals surface area contributed by atoms with Crippen molar-refractivity contribution in [1.29, 1.82) is 0 Å². The standard InChI is InChI=1S/C31H54O6/c1-22(2)12-9-14-24(5)15-11-20-30(7,34)28(33)18-16-26(36-25(6)32)27-17-19-29(37-27)31(8,35)21-10-13-23(3)4/h12-13,15,26-29,33-35H,9-11,14,16-21H2,1-8H3/b24-15-/t26-,27+,28+,29+,30-,31-/m0/s1. The fraction of sp³-hybridized carbons (Fsp3) is 0.774. The Balaban J connectivity index is 2.65. The van der Waals surface area contributed by atoms with Crippen molar-refractivity contribution < 1.29 is 29.6 Å². The Bertz CT molecular complexity index is 784. The van der Waals surface area contributed by atoms with Crippen LogP contribution in [0, 0.1) is 0 Å². The van der Waals surface area contributed by atoms with Crippen LogP contribution in [0.3, 0.4) is 0 Å². The summed E-state index contributed by atoms with van der Waals surface area (Å²) >= 11 is 0. The van der Waals surface area contributed by atoms with Gasteiger partial charge >= 0.3 is 5.97 Å². The van der Waals surface area contributed by atoms with Gasteiger partial charge in [-0.3, -0.25) is 4.79 Å². The lowest BCUT2D eigenvalue weighted by atomic mass is 9.88. The lowest BCUT2D eigenvalue weighted by molar-refractivity contribution is -0.163. The molecule has 214 valence electrons. The van der Waals surface area contributed by atoms with E-state index in [0.717, 1.165) is 19.3 Å². The van der Waals surface area contributed by atoms with Crippen LogP contribution >= 0.6 is 0 Å².